The van der Waals surface area contributed by atoms with Crippen LogP contribution < -0.4 is 4.90 Å². The topological polar surface area (TPSA) is 22.3 Å². The van der Waals surface area contributed by atoms with Crippen LogP contribution in [0, 0.1) is 5.92 Å². The van der Waals surface area contributed by atoms with Crippen LogP contribution >= 0.6 is 0 Å². The molecular weight excluding hydrogens is 282 g/mol. The molecule has 1 aliphatic rings. The van der Waals surface area contributed by atoms with Gasteiger partial charge < -0.3 is 9.88 Å². The molecule has 0 amide bonds. The monoisotopic (exact) mass is 313 g/mol. The molecule has 1 N–H and O–H groups in total. The van der Waals surface area contributed by atoms with Gasteiger partial charge in [-0.05, 0) is 42.5 Å². The molecule has 1 aliphatic heterocycles. The summed E-state index contributed by atoms with van der Waals surface area (Å²) in [6.07, 6.45) is 3.39. The summed E-state index contributed by atoms with van der Waals surface area (Å²) in [6, 6.07) is 6.88. The molecule has 0 bridgehead atoms. The number of anilines is 1. The summed E-state index contributed by atoms with van der Waals surface area (Å²) < 4.78 is 0. The van der Waals surface area contributed by atoms with E-state index in [2.05, 4.69) is 66.9 Å². The number of aromatic nitrogens is 1. The third kappa shape index (κ3) is 3.55. The highest BCUT2D eigenvalue weighted by atomic mass is 15.3. The van der Waals surface area contributed by atoms with E-state index in [4.69, 9.17) is 0 Å². The van der Waals surface area contributed by atoms with Gasteiger partial charge in [0.25, 0.3) is 0 Å². The van der Waals surface area contributed by atoms with Gasteiger partial charge in [-0.1, -0.05) is 33.8 Å². The first-order chi connectivity index (χ1) is 11.1. The lowest BCUT2D eigenvalue weighted by Gasteiger charge is -2.37. The standard InChI is InChI=1S/C20H31N3/c1-15(2)8-10-22-11-13-23(14-12-22)19-6-5-17(16(3)4)20-18(19)7-9-21-20/h5-7,9,15-16,21H,8,10-14H2,1-4H3. The molecule has 1 aromatic heterocycles. The Kier molecular flexibility index (Phi) is 4.96. The van der Waals surface area contributed by atoms with Crippen molar-refractivity contribution in [1.29, 1.82) is 0 Å². The Morgan fingerprint density at radius 3 is 2.39 bits per heavy atom. The zero-order chi connectivity index (χ0) is 16.4. The largest absolute Gasteiger partial charge is 0.368 e. The minimum atomic E-state index is 0.554. The van der Waals surface area contributed by atoms with Gasteiger partial charge in [-0.2, -0.15) is 0 Å². The van der Waals surface area contributed by atoms with Crippen LogP contribution in [0.1, 0.15) is 45.6 Å². The normalized spacial score (nSPS) is 16.9. The Morgan fingerprint density at radius 1 is 1.00 bits per heavy atom. The van der Waals surface area contributed by atoms with E-state index in [-0.39, 0.29) is 0 Å². The highest BCUT2D eigenvalue weighted by Crippen LogP contribution is 2.32. The molecule has 0 spiro atoms. The molecule has 3 nitrogen and oxygen atoms in total. The molecule has 0 saturated carbocycles. The van der Waals surface area contributed by atoms with Gasteiger partial charge in [0.2, 0.25) is 0 Å². The number of aromatic amines is 1. The maximum Gasteiger partial charge on any atom is 0.0510 e. The fourth-order valence-corrected chi connectivity index (χ4v) is 3.57. The minimum absolute atomic E-state index is 0.554. The van der Waals surface area contributed by atoms with Gasteiger partial charge in [-0.15, -0.1) is 0 Å². The molecule has 3 rings (SSSR count). The summed E-state index contributed by atoms with van der Waals surface area (Å²) in [6.45, 7) is 15.1. The Morgan fingerprint density at radius 2 is 1.74 bits per heavy atom. The van der Waals surface area contributed by atoms with Crippen LogP contribution in [-0.4, -0.2) is 42.6 Å². The molecule has 1 saturated heterocycles. The minimum Gasteiger partial charge on any atom is -0.368 e. The van der Waals surface area contributed by atoms with Crippen molar-refractivity contribution in [2.45, 2.75) is 40.0 Å². The average Bonchev–Trinajstić information content (AvgIpc) is 3.01. The third-order valence-corrected chi connectivity index (χ3v) is 5.09. The molecule has 2 aromatic rings. The van der Waals surface area contributed by atoms with E-state index in [0.29, 0.717) is 5.92 Å². The van der Waals surface area contributed by atoms with Crippen LogP contribution in [0.25, 0.3) is 10.9 Å². The van der Waals surface area contributed by atoms with E-state index >= 15 is 0 Å². The third-order valence-electron chi connectivity index (χ3n) is 5.09. The quantitative estimate of drug-likeness (QED) is 0.880. The summed E-state index contributed by atoms with van der Waals surface area (Å²) >= 11 is 0. The molecule has 2 heterocycles. The smallest absolute Gasteiger partial charge is 0.0510 e. The number of nitrogens with one attached hydrogen (secondary N) is 1. The van der Waals surface area contributed by atoms with Crippen molar-refractivity contribution in [2.75, 3.05) is 37.6 Å². The molecule has 1 aromatic carbocycles. The average molecular weight is 313 g/mol. The summed E-state index contributed by atoms with van der Waals surface area (Å²) in [5.74, 6) is 1.36. The molecule has 0 radical (unpaired) electrons. The number of fused-ring (bicyclic) bond motifs is 1. The van der Waals surface area contributed by atoms with Gasteiger partial charge in [0.1, 0.15) is 0 Å². The van der Waals surface area contributed by atoms with Crippen LogP contribution in [0.2, 0.25) is 0 Å². The number of nitrogens with zero attached hydrogens (tertiary/aromatic N) is 2. The molecular formula is C20H31N3. The fraction of sp³-hybridized carbons (Fsp3) is 0.600. The van der Waals surface area contributed by atoms with Gasteiger partial charge in [-0.3, -0.25) is 4.90 Å². The SMILES string of the molecule is CC(C)CCN1CCN(c2ccc(C(C)C)c3[nH]ccc23)CC1. The molecule has 23 heavy (non-hydrogen) atoms. The number of hydrogen-bond donors (Lipinski definition) is 1. The maximum absolute atomic E-state index is 3.45. The van der Waals surface area contributed by atoms with Crippen LogP contribution in [-0.2, 0) is 0 Å². The van der Waals surface area contributed by atoms with E-state index in [1.54, 1.807) is 0 Å². The lowest BCUT2D eigenvalue weighted by molar-refractivity contribution is 0.244. The van der Waals surface area contributed by atoms with Crippen LogP contribution in [0.5, 0.6) is 0 Å². The summed E-state index contributed by atoms with van der Waals surface area (Å²) in [4.78, 5) is 8.63. The highest BCUT2D eigenvalue weighted by Gasteiger charge is 2.20. The second-order valence-electron chi connectivity index (χ2n) is 7.61. The Labute approximate surface area is 140 Å². The summed E-state index contributed by atoms with van der Waals surface area (Å²) in [5.41, 5.74) is 4.14. The van der Waals surface area contributed by atoms with Gasteiger partial charge in [0, 0.05) is 43.4 Å². The van der Waals surface area contributed by atoms with E-state index in [9.17, 15) is 0 Å². The van der Waals surface area contributed by atoms with Crippen molar-refractivity contribution in [2.24, 2.45) is 5.92 Å². The van der Waals surface area contributed by atoms with Crippen LogP contribution in [0.3, 0.4) is 0 Å². The van der Waals surface area contributed by atoms with Crippen molar-refractivity contribution in [3.8, 4) is 0 Å². The molecule has 0 aliphatic carbocycles. The zero-order valence-corrected chi connectivity index (χ0v) is 15.1. The van der Waals surface area contributed by atoms with E-state index in [1.807, 2.05) is 0 Å². The van der Waals surface area contributed by atoms with Crippen molar-refractivity contribution >= 4 is 16.6 Å². The lowest BCUT2D eigenvalue weighted by Crippen LogP contribution is -2.46. The Balaban J connectivity index is 1.73. The predicted molar refractivity (Wildman–Crippen MR) is 100 cm³/mol. The van der Waals surface area contributed by atoms with Crippen LogP contribution in [0.15, 0.2) is 24.4 Å². The molecule has 3 heteroatoms. The molecule has 0 unspecified atom stereocenters. The van der Waals surface area contributed by atoms with Crippen LogP contribution in [0.4, 0.5) is 5.69 Å². The second-order valence-corrected chi connectivity index (χ2v) is 7.61. The van der Waals surface area contributed by atoms with Crippen molar-refractivity contribution in [3.05, 3.63) is 30.0 Å². The van der Waals surface area contributed by atoms with Gasteiger partial charge >= 0.3 is 0 Å². The first kappa shape index (κ1) is 16.4. The first-order valence-electron chi connectivity index (χ1n) is 9.13. The Hall–Kier alpha value is -1.48. The van der Waals surface area contributed by atoms with Crippen molar-refractivity contribution < 1.29 is 0 Å². The van der Waals surface area contributed by atoms with E-state index < -0.39 is 0 Å². The van der Waals surface area contributed by atoms with E-state index in [1.165, 1.54) is 48.2 Å². The number of hydrogen-bond acceptors (Lipinski definition) is 2. The molecule has 1 fully saturated rings. The fourth-order valence-electron chi connectivity index (χ4n) is 3.57. The first-order valence-corrected chi connectivity index (χ1v) is 9.13. The molecule has 126 valence electrons. The van der Waals surface area contributed by atoms with Crippen molar-refractivity contribution in [3.63, 3.8) is 0 Å². The van der Waals surface area contributed by atoms with Gasteiger partial charge in [-0.25, -0.2) is 0 Å². The number of H-pyrrole nitrogens is 1. The highest BCUT2D eigenvalue weighted by molar-refractivity contribution is 5.95. The molecule has 0 atom stereocenters. The number of benzene rings is 1. The summed E-state index contributed by atoms with van der Waals surface area (Å²) in [7, 11) is 0. The number of piperazine rings is 1. The summed E-state index contributed by atoms with van der Waals surface area (Å²) in [5, 5.41) is 1.38. The maximum atomic E-state index is 3.45. The van der Waals surface area contributed by atoms with E-state index in [0.717, 1.165) is 19.0 Å². The van der Waals surface area contributed by atoms with Gasteiger partial charge in [0.05, 0.1) is 5.52 Å². The second kappa shape index (κ2) is 6.96. The predicted octanol–water partition coefficient (Wildman–Crippen LogP) is 4.46. The zero-order valence-electron chi connectivity index (χ0n) is 15.1. The number of rotatable bonds is 5. The lowest BCUT2D eigenvalue weighted by atomic mass is 9.99. The van der Waals surface area contributed by atoms with Gasteiger partial charge in [0.15, 0.2) is 0 Å². The Bertz CT molecular complexity index is 633. The van der Waals surface area contributed by atoms with Crippen molar-refractivity contribution in [1.82, 2.24) is 9.88 Å².